The zero-order valence-corrected chi connectivity index (χ0v) is 11.5. The summed E-state index contributed by atoms with van der Waals surface area (Å²) in [6.45, 7) is -0.607. The fourth-order valence-electron chi connectivity index (χ4n) is 1.96. The van der Waals surface area contributed by atoms with Crippen LogP contribution >= 0.6 is 0 Å². The fourth-order valence-corrected chi connectivity index (χ4v) is 1.96. The van der Waals surface area contributed by atoms with Crippen molar-refractivity contribution >= 4 is 5.78 Å². The van der Waals surface area contributed by atoms with Gasteiger partial charge in [0.05, 0.1) is 6.61 Å². The summed E-state index contributed by atoms with van der Waals surface area (Å²) in [5.41, 5.74) is 2.67. The van der Waals surface area contributed by atoms with Gasteiger partial charge >= 0.3 is 0 Å². The van der Waals surface area contributed by atoms with E-state index in [-0.39, 0.29) is 18.8 Å². The summed E-state index contributed by atoms with van der Waals surface area (Å²) in [4.78, 5) is 11.9. The summed E-state index contributed by atoms with van der Waals surface area (Å²) in [6.07, 6.45) is -2.39. The average molecular weight is 290 g/mol. The van der Waals surface area contributed by atoms with Crippen molar-refractivity contribution in [1.82, 2.24) is 0 Å². The minimum Gasteiger partial charge on any atom is -0.375 e. The van der Waals surface area contributed by atoms with Crippen molar-refractivity contribution in [3.05, 3.63) is 60.2 Å². The number of rotatable bonds is 7. The second-order valence-electron chi connectivity index (χ2n) is 4.58. The molecule has 0 N–H and O–H groups in total. The van der Waals surface area contributed by atoms with Gasteiger partial charge in [0.2, 0.25) is 0 Å². The molecule has 21 heavy (non-hydrogen) atoms. The Bertz CT molecular complexity index is 565. The Labute approximate surface area is 122 Å². The molecule has 0 radical (unpaired) electrons. The van der Waals surface area contributed by atoms with Gasteiger partial charge in [0.25, 0.3) is 6.43 Å². The highest BCUT2D eigenvalue weighted by molar-refractivity contribution is 5.96. The SMILES string of the molecule is O=C(CCOCC(F)F)c1ccc(-c2ccccc2)cc1. The third kappa shape index (κ3) is 4.76. The molecule has 4 heteroatoms. The molecule has 0 aliphatic rings. The van der Waals surface area contributed by atoms with Gasteiger partial charge in [0, 0.05) is 12.0 Å². The van der Waals surface area contributed by atoms with Crippen LogP contribution in [0.1, 0.15) is 16.8 Å². The van der Waals surface area contributed by atoms with Gasteiger partial charge in [0.1, 0.15) is 6.61 Å². The van der Waals surface area contributed by atoms with Gasteiger partial charge in [-0.25, -0.2) is 8.78 Å². The number of halogens is 2. The van der Waals surface area contributed by atoms with Gasteiger partial charge in [-0.1, -0.05) is 54.6 Å². The molecule has 0 unspecified atom stereocenters. The first kappa shape index (κ1) is 15.3. The molecule has 2 aromatic carbocycles. The zero-order valence-electron chi connectivity index (χ0n) is 11.5. The van der Waals surface area contributed by atoms with Gasteiger partial charge in [-0.05, 0) is 11.1 Å². The lowest BCUT2D eigenvalue weighted by atomic mass is 10.0. The van der Waals surface area contributed by atoms with Crippen LogP contribution in [-0.2, 0) is 4.74 Å². The van der Waals surface area contributed by atoms with Crippen molar-refractivity contribution in [2.24, 2.45) is 0 Å². The maximum Gasteiger partial charge on any atom is 0.261 e. The zero-order chi connectivity index (χ0) is 15.1. The number of hydrogen-bond donors (Lipinski definition) is 0. The highest BCUT2D eigenvalue weighted by Gasteiger charge is 2.08. The Kier molecular flexibility index (Phi) is 5.58. The number of alkyl halides is 2. The van der Waals surface area contributed by atoms with Crippen molar-refractivity contribution in [2.75, 3.05) is 13.2 Å². The van der Waals surface area contributed by atoms with E-state index in [1.807, 2.05) is 42.5 Å². The minimum atomic E-state index is -2.50. The Morgan fingerprint density at radius 2 is 1.57 bits per heavy atom. The van der Waals surface area contributed by atoms with Crippen LogP contribution in [0, 0.1) is 0 Å². The number of benzene rings is 2. The smallest absolute Gasteiger partial charge is 0.261 e. The van der Waals surface area contributed by atoms with E-state index in [1.165, 1.54) is 0 Å². The first-order chi connectivity index (χ1) is 10.2. The average Bonchev–Trinajstić information content (AvgIpc) is 2.52. The maximum absolute atomic E-state index is 11.9. The molecule has 0 aliphatic heterocycles. The van der Waals surface area contributed by atoms with Gasteiger partial charge in [-0.2, -0.15) is 0 Å². The van der Waals surface area contributed by atoms with E-state index in [0.717, 1.165) is 11.1 Å². The molecule has 2 aromatic rings. The number of ketones is 1. The highest BCUT2D eigenvalue weighted by Crippen LogP contribution is 2.19. The lowest BCUT2D eigenvalue weighted by Gasteiger charge is -2.05. The lowest BCUT2D eigenvalue weighted by molar-refractivity contribution is 0.0170. The van der Waals surface area contributed by atoms with Crippen LogP contribution < -0.4 is 0 Å². The summed E-state index contributed by atoms with van der Waals surface area (Å²) in [5.74, 6) is -0.108. The van der Waals surface area contributed by atoms with E-state index in [0.29, 0.717) is 5.56 Å². The van der Waals surface area contributed by atoms with Crippen LogP contribution in [0.15, 0.2) is 54.6 Å². The third-order valence-corrected chi connectivity index (χ3v) is 3.03. The Morgan fingerprint density at radius 1 is 0.952 bits per heavy atom. The largest absolute Gasteiger partial charge is 0.375 e. The normalized spacial score (nSPS) is 10.8. The molecule has 2 rings (SSSR count). The van der Waals surface area contributed by atoms with E-state index in [1.54, 1.807) is 12.1 Å². The maximum atomic E-state index is 11.9. The van der Waals surface area contributed by atoms with Crippen LogP contribution in [-0.4, -0.2) is 25.4 Å². The van der Waals surface area contributed by atoms with Gasteiger partial charge in [-0.3, -0.25) is 4.79 Å². The van der Waals surface area contributed by atoms with E-state index < -0.39 is 13.0 Å². The van der Waals surface area contributed by atoms with Gasteiger partial charge < -0.3 is 4.74 Å². The first-order valence-electron chi connectivity index (χ1n) is 6.71. The predicted molar refractivity (Wildman–Crippen MR) is 77.6 cm³/mol. The first-order valence-corrected chi connectivity index (χ1v) is 6.71. The van der Waals surface area contributed by atoms with Crippen LogP contribution in [0.3, 0.4) is 0 Å². The monoisotopic (exact) mass is 290 g/mol. The van der Waals surface area contributed by atoms with E-state index in [4.69, 9.17) is 4.74 Å². The second-order valence-corrected chi connectivity index (χ2v) is 4.58. The molecular formula is C17H16F2O2. The molecule has 0 aliphatic carbocycles. The van der Waals surface area contributed by atoms with Gasteiger partial charge in [-0.15, -0.1) is 0 Å². The molecule has 0 bridgehead atoms. The number of Topliss-reactive ketones (excluding diaryl/α,β-unsaturated/α-hetero) is 1. The van der Waals surface area contributed by atoms with Crippen molar-refractivity contribution in [3.8, 4) is 11.1 Å². The molecular weight excluding hydrogens is 274 g/mol. The molecule has 0 aromatic heterocycles. The summed E-state index contributed by atoms with van der Waals surface area (Å²) >= 11 is 0. The van der Waals surface area contributed by atoms with Crippen LogP contribution in [0.25, 0.3) is 11.1 Å². The molecule has 0 saturated carbocycles. The van der Waals surface area contributed by atoms with Crippen molar-refractivity contribution in [1.29, 1.82) is 0 Å². The van der Waals surface area contributed by atoms with Crippen molar-refractivity contribution in [3.63, 3.8) is 0 Å². The van der Waals surface area contributed by atoms with Crippen molar-refractivity contribution < 1.29 is 18.3 Å². The molecule has 2 nitrogen and oxygen atoms in total. The van der Waals surface area contributed by atoms with Crippen molar-refractivity contribution in [2.45, 2.75) is 12.8 Å². The number of ether oxygens (including phenoxy) is 1. The highest BCUT2D eigenvalue weighted by atomic mass is 19.3. The number of carbonyl (C=O) groups excluding carboxylic acids is 1. The van der Waals surface area contributed by atoms with E-state index >= 15 is 0 Å². The summed E-state index contributed by atoms with van der Waals surface area (Å²) in [6, 6.07) is 17.1. The predicted octanol–water partition coefficient (Wildman–Crippen LogP) is 4.21. The molecule has 110 valence electrons. The van der Waals surface area contributed by atoms with Crippen LogP contribution in [0.2, 0.25) is 0 Å². The summed E-state index contributed by atoms with van der Waals surface area (Å²) < 4.78 is 28.5. The minimum absolute atomic E-state index is 0.0175. The Balaban J connectivity index is 1.91. The lowest BCUT2D eigenvalue weighted by Crippen LogP contribution is -2.09. The summed E-state index contributed by atoms with van der Waals surface area (Å²) in [5, 5.41) is 0. The van der Waals surface area contributed by atoms with Crippen LogP contribution in [0.5, 0.6) is 0 Å². The Morgan fingerprint density at radius 3 is 2.19 bits per heavy atom. The molecule has 0 spiro atoms. The van der Waals surface area contributed by atoms with Crippen LogP contribution in [0.4, 0.5) is 8.78 Å². The topological polar surface area (TPSA) is 26.3 Å². The molecule has 0 fully saturated rings. The molecule has 0 heterocycles. The number of hydrogen-bond acceptors (Lipinski definition) is 2. The van der Waals surface area contributed by atoms with E-state index in [2.05, 4.69) is 0 Å². The summed E-state index contributed by atoms with van der Waals surface area (Å²) in [7, 11) is 0. The third-order valence-electron chi connectivity index (χ3n) is 3.03. The van der Waals surface area contributed by atoms with E-state index in [9.17, 15) is 13.6 Å². The molecule has 0 amide bonds. The quantitative estimate of drug-likeness (QED) is 0.564. The Hall–Kier alpha value is -2.07. The number of carbonyl (C=O) groups is 1. The molecule has 0 atom stereocenters. The molecule has 0 saturated heterocycles. The second kappa shape index (κ2) is 7.64. The fraction of sp³-hybridized carbons (Fsp3) is 0.235. The van der Waals surface area contributed by atoms with Gasteiger partial charge in [0.15, 0.2) is 5.78 Å². The standard InChI is InChI=1S/C17H16F2O2/c18-17(19)12-21-11-10-16(20)15-8-6-14(7-9-15)13-4-2-1-3-5-13/h1-9,17H,10-12H2.